The highest BCUT2D eigenvalue weighted by Crippen LogP contribution is 2.27. The lowest BCUT2D eigenvalue weighted by atomic mass is 10.1. The average Bonchev–Trinajstić information content (AvgIpc) is 2.68. The highest BCUT2D eigenvalue weighted by molar-refractivity contribution is 9.10. The predicted octanol–water partition coefficient (Wildman–Crippen LogP) is 5.79. The lowest BCUT2D eigenvalue weighted by molar-refractivity contribution is 1.14. The van der Waals surface area contributed by atoms with Gasteiger partial charge in [0.2, 0.25) is 0 Å². The third kappa shape index (κ3) is 3.71. The molecule has 0 aliphatic heterocycles. The molecule has 0 fully saturated rings. The minimum atomic E-state index is 0.640. The maximum Gasteiger partial charge on any atom is 0.160 e. The Morgan fingerprint density at radius 3 is 1.54 bits per heavy atom. The zero-order chi connectivity index (χ0) is 17.9. The van der Waals surface area contributed by atoms with Gasteiger partial charge in [-0.1, -0.05) is 42.5 Å². The lowest BCUT2D eigenvalue weighted by Crippen LogP contribution is -1.98. The van der Waals surface area contributed by atoms with Crippen LogP contribution in [-0.2, 0) is 0 Å². The average molecular weight is 468 g/mol. The van der Waals surface area contributed by atoms with Crippen molar-refractivity contribution in [1.29, 1.82) is 0 Å². The molecule has 0 radical (unpaired) electrons. The Morgan fingerprint density at radius 2 is 1.04 bits per heavy atom. The van der Waals surface area contributed by atoms with E-state index in [1.54, 1.807) is 0 Å². The Hall–Kier alpha value is -2.44. The summed E-state index contributed by atoms with van der Waals surface area (Å²) >= 11 is 6.85. The van der Waals surface area contributed by atoms with Crippen molar-refractivity contribution in [3.8, 4) is 34.2 Å². The molecule has 0 N–H and O–H groups in total. The van der Waals surface area contributed by atoms with E-state index < -0.39 is 0 Å². The van der Waals surface area contributed by atoms with Crippen LogP contribution in [0.15, 0.2) is 82.0 Å². The summed E-state index contributed by atoms with van der Waals surface area (Å²) in [5.41, 5.74) is 3.99. The van der Waals surface area contributed by atoms with E-state index in [9.17, 15) is 0 Å². The first-order valence-corrected chi connectivity index (χ1v) is 9.48. The van der Waals surface area contributed by atoms with Crippen LogP contribution in [0.2, 0.25) is 0 Å². The van der Waals surface area contributed by atoms with Crippen molar-refractivity contribution >= 4 is 31.9 Å². The monoisotopic (exact) mass is 466 g/mol. The van der Waals surface area contributed by atoms with Gasteiger partial charge in [0.25, 0.3) is 0 Å². The van der Waals surface area contributed by atoms with E-state index in [0.29, 0.717) is 5.82 Å². The Morgan fingerprint density at radius 1 is 0.500 bits per heavy atom. The molecule has 3 aromatic heterocycles. The van der Waals surface area contributed by atoms with Crippen molar-refractivity contribution in [2.75, 3.05) is 0 Å². The van der Waals surface area contributed by atoms with Crippen molar-refractivity contribution in [1.82, 2.24) is 19.9 Å². The van der Waals surface area contributed by atoms with Crippen LogP contribution >= 0.6 is 31.9 Å². The first-order valence-electron chi connectivity index (χ1n) is 7.89. The van der Waals surface area contributed by atoms with Crippen LogP contribution in [0.5, 0.6) is 0 Å². The molecule has 0 saturated heterocycles. The molecule has 0 amide bonds. The van der Waals surface area contributed by atoms with Crippen molar-refractivity contribution in [2.24, 2.45) is 0 Å². The fraction of sp³-hybridized carbons (Fsp3) is 0. The van der Waals surface area contributed by atoms with Gasteiger partial charge in [0.1, 0.15) is 9.21 Å². The SMILES string of the molecule is Brc1cccc(-c2cc(-c3cccc(Br)n3)nc(-c3ccccc3)n2)n1. The smallest absolute Gasteiger partial charge is 0.160 e. The molecule has 6 heteroatoms. The van der Waals surface area contributed by atoms with Gasteiger partial charge in [-0.05, 0) is 62.2 Å². The maximum absolute atomic E-state index is 4.73. The number of hydrogen-bond donors (Lipinski definition) is 0. The summed E-state index contributed by atoms with van der Waals surface area (Å²) in [6.07, 6.45) is 0. The standard InChI is InChI=1S/C20H12Br2N4/c21-18-10-4-8-14(23-18)16-12-17(15-9-5-11-19(22)24-15)26-20(25-16)13-6-2-1-3-7-13/h1-12H. The van der Waals surface area contributed by atoms with Crippen molar-refractivity contribution < 1.29 is 0 Å². The van der Waals surface area contributed by atoms with Crippen LogP contribution in [0.1, 0.15) is 0 Å². The minimum absolute atomic E-state index is 0.640. The molecule has 0 atom stereocenters. The van der Waals surface area contributed by atoms with Gasteiger partial charge in [0.15, 0.2) is 5.82 Å². The van der Waals surface area contributed by atoms with Crippen LogP contribution in [0, 0.1) is 0 Å². The maximum atomic E-state index is 4.73. The molecular formula is C20H12Br2N4. The van der Waals surface area contributed by atoms with Crippen molar-refractivity contribution in [3.05, 3.63) is 82.0 Å². The summed E-state index contributed by atoms with van der Waals surface area (Å²) in [5.74, 6) is 0.640. The summed E-state index contributed by atoms with van der Waals surface area (Å²) in [5, 5.41) is 0. The second-order valence-electron chi connectivity index (χ2n) is 5.52. The summed E-state index contributed by atoms with van der Waals surface area (Å²) in [7, 11) is 0. The van der Waals surface area contributed by atoms with Gasteiger partial charge < -0.3 is 0 Å². The molecule has 126 valence electrons. The van der Waals surface area contributed by atoms with Crippen molar-refractivity contribution in [3.63, 3.8) is 0 Å². The first-order chi connectivity index (χ1) is 12.7. The van der Waals surface area contributed by atoms with Crippen molar-refractivity contribution in [2.45, 2.75) is 0 Å². The number of benzene rings is 1. The highest BCUT2D eigenvalue weighted by atomic mass is 79.9. The zero-order valence-electron chi connectivity index (χ0n) is 13.5. The van der Waals surface area contributed by atoms with Gasteiger partial charge in [-0.15, -0.1) is 0 Å². The number of rotatable bonds is 3. The minimum Gasteiger partial charge on any atom is -0.239 e. The molecule has 0 aliphatic carbocycles. The van der Waals surface area contributed by atoms with E-state index in [4.69, 9.17) is 9.97 Å². The molecular weight excluding hydrogens is 456 g/mol. The second-order valence-corrected chi connectivity index (χ2v) is 7.14. The first kappa shape index (κ1) is 17.0. The zero-order valence-corrected chi connectivity index (χ0v) is 16.6. The summed E-state index contributed by atoms with van der Waals surface area (Å²) in [6, 6.07) is 23.3. The third-order valence-corrected chi connectivity index (χ3v) is 4.60. The Balaban J connectivity index is 1.93. The molecule has 3 heterocycles. The van der Waals surface area contributed by atoms with Crippen LogP contribution in [0.25, 0.3) is 34.2 Å². The fourth-order valence-corrected chi connectivity index (χ4v) is 3.22. The third-order valence-electron chi connectivity index (χ3n) is 3.71. The Labute approximate surface area is 167 Å². The number of pyridine rings is 2. The number of halogens is 2. The molecule has 4 nitrogen and oxygen atoms in total. The van der Waals surface area contributed by atoms with E-state index in [1.807, 2.05) is 72.8 Å². The molecule has 0 spiro atoms. The van der Waals surface area contributed by atoms with Gasteiger partial charge in [0, 0.05) is 5.56 Å². The van der Waals surface area contributed by atoms with E-state index in [-0.39, 0.29) is 0 Å². The summed E-state index contributed by atoms with van der Waals surface area (Å²) < 4.78 is 1.52. The molecule has 4 aromatic rings. The van der Waals surface area contributed by atoms with Crippen LogP contribution in [0.3, 0.4) is 0 Å². The van der Waals surface area contributed by atoms with Gasteiger partial charge in [-0.25, -0.2) is 19.9 Å². The molecule has 0 unspecified atom stereocenters. The number of nitrogens with zero attached hydrogens (tertiary/aromatic N) is 4. The largest absolute Gasteiger partial charge is 0.239 e. The van der Waals surface area contributed by atoms with Gasteiger partial charge in [-0.3, -0.25) is 0 Å². The molecule has 0 saturated carbocycles. The number of aromatic nitrogens is 4. The van der Waals surface area contributed by atoms with Gasteiger partial charge in [-0.2, -0.15) is 0 Å². The van der Waals surface area contributed by atoms with E-state index >= 15 is 0 Å². The highest BCUT2D eigenvalue weighted by Gasteiger charge is 2.12. The normalized spacial score (nSPS) is 10.7. The molecule has 1 aromatic carbocycles. The quantitative estimate of drug-likeness (QED) is 0.357. The Bertz CT molecular complexity index is 1000. The molecule has 0 aliphatic rings. The fourth-order valence-electron chi connectivity index (χ4n) is 2.53. The lowest BCUT2D eigenvalue weighted by Gasteiger charge is -2.08. The van der Waals surface area contributed by atoms with Crippen LogP contribution in [0.4, 0.5) is 0 Å². The van der Waals surface area contributed by atoms with Crippen LogP contribution < -0.4 is 0 Å². The van der Waals surface area contributed by atoms with Gasteiger partial charge in [0.05, 0.1) is 22.8 Å². The van der Waals surface area contributed by atoms with E-state index in [1.165, 1.54) is 0 Å². The van der Waals surface area contributed by atoms with Crippen LogP contribution in [-0.4, -0.2) is 19.9 Å². The molecule has 0 bridgehead atoms. The van der Waals surface area contributed by atoms with E-state index in [0.717, 1.165) is 37.5 Å². The predicted molar refractivity (Wildman–Crippen MR) is 109 cm³/mol. The molecule has 26 heavy (non-hydrogen) atoms. The van der Waals surface area contributed by atoms with Gasteiger partial charge >= 0.3 is 0 Å². The topological polar surface area (TPSA) is 51.6 Å². The summed E-state index contributed by atoms with van der Waals surface area (Å²) in [4.78, 5) is 18.5. The van der Waals surface area contributed by atoms with E-state index in [2.05, 4.69) is 41.8 Å². The number of hydrogen-bond acceptors (Lipinski definition) is 4. The summed E-state index contributed by atoms with van der Waals surface area (Å²) in [6.45, 7) is 0. The molecule has 4 rings (SSSR count). The Kier molecular flexibility index (Phi) is 4.86. The second kappa shape index (κ2) is 7.43.